The fourth-order valence-corrected chi connectivity index (χ4v) is 1.78. The fraction of sp³-hybridized carbons (Fsp3) is 0.357. The average Bonchev–Trinajstić information content (AvgIpc) is 2.49. The van der Waals surface area contributed by atoms with Gasteiger partial charge in [0, 0.05) is 0 Å². The topological polar surface area (TPSA) is 136 Å². The predicted octanol–water partition coefficient (Wildman–Crippen LogP) is -1.21. The Kier molecular flexibility index (Phi) is 6.48. The van der Waals surface area contributed by atoms with Crippen LogP contribution in [0.1, 0.15) is 18.5 Å². The standard InChI is InChI=1S/C14H18N2O6/c1-8(18)11(14(21)22)16-13(20)12(15-10(19)7-17)9-5-3-2-4-6-9/h2-6,8,11-12,17-18H,7H2,1H3,(H,15,19)(H,16,20)(H,21,22)/t8-,11-,12+/m0/s1. The molecule has 0 saturated heterocycles. The zero-order chi connectivity index (χ0) is 16.7. The number of carbonyl (C=O) groups is 3. The van der Waals surface area contributed by atoms with Crippen LogP contribution in [0.2, 0.25) is 0 Å². The third-order valence-corrected chi connectivity index (χ3v) is 2.89. The van der Waals surface area contributed by atoms with Gasteiger partial charge in [-0.05, 0) is 12.5 Å². The van der Waals surface area contributed by atoms with Gasteiger partial charge in [0.2, 0.25) is 11.8 Å². The average molecular weight is 310 g/mol. The Morgan fingerprint density at radius 2 is 1.73 bits per heavy atom. The second kappa shape index (κ2) is 8.11. The summed E-state index contributed by atoms with van der Waals surface area (Å²) in [4.78, 5) is 34.6. The summed E-state index contributed by atoms with van der Waals surface area (Å²) in [5.41, 5.74) is 0.413. The third-order valence-electron chi connectivity index (χ3n) is 2.89. The van der Waals surface area contributed by atoms with Crippen LogP contribution in [0.15, 0.2) is 30.3 Å². The van der Waals surface area contributed by atoms with Crippen molar-refractivity contribution in [2.45, 2.75) is 25.1 Å². The van der Waals surface area contributed by atoms with Crippen LogP contribution in [-0.4, -0.2) is 51.9 Å². The molecule has 2 amide bonds. The van der Waals surface area contributed by atoms with Crippen molar-refractivity contribution >= 4 is 17.8 Å². The minimum Gasteiger partial charge on any atom is -0.480 e. The Bertz CT molecular complexity index is 531. The van der Waals surface area contributed by atoms with Gasteiger partial charge in [0.05, 0.1) is 6.10 Å². The van der Waals surface area contributed by atoms with Gasteiger partial charge < -0.3 is 26.0 Å². The fourth-order valence-electron chi connectivity index (χ4n) is 1.78. The van der Waals surface area contributed by atoms with Gasteiger partial charge in [-0.3, -0.25) is 9.59 Å². The molecule has 0 fully saturated rings. The second-order valence-corrected chi connectivity index (χ2v) is 4.63. The Morgan fingerprint density at radius 3 is 2.18 bits per heavy atom. The molecule has 0 aliphatic heterocycles. The molecule has 0 heterocycles. The van der Waals surface area contributed by atoms with Crippen molar-refractivity contribution in [3.05, 3.63) is 35.9 Å². The van der Waals surface area contributed by atoms with E-state index in [1.807, 2.05) is 0 Å². The molecule has 0 saturated carbocycles. The summed E-state index contributed by atoms with van der Waals surface area (Å²) < 4.78 is 0. The van der Waals surface area contributed by atoms with E-state index < -0.39 is 42.6 Å². The normalized spacial score (nSPS) is 14.5. The largest absolute Gasteiger partial charge is 0.480 e. The summed E-state index contributed by atoms with van der Waals surface area (Å²) in [5, 5.41) is 31.6. The zero-order valence-corrected chi connectivity index (χ0v) is 11.9. The van der Waals surface area contributed by atoms with Gasteiger partial charge in [0.1, 0.15) is 12.6 Å². The number of carboxylic acids is 1. The molecular weight excluding hydrogens is 292 g/mol. The lowest BCUT2D eigenvalue weighted by Crippen LogP contribution is -2.51. The molecule has 22 heavy (non-hydrogen) atoms. The van der Waals surface area contributed by atoms with Gasteiger partial charge in [-0.2, -0.15) is 0 Å². The van der Waals surface area contributed by atoms with E-state index in [0.29, 0.717) is 5.56 Å². The molecule has 8 nitrogen and oxygen atoms in total. The number of nitrogens with one attached hydrogen (secondary N) is 2. The number of amides is 2. The number of aliphatic hydroxyl groups excluding tert-OH is 2. The highest BCUT2D eigenvalue weighted by Gasteiger charge is 2.30. The van der Waals surface area contributed by atoms with Crippen LogP contribution in [0.4, 0.5) is 0 Å². The Hall–Kier alpha value is -2.45. The van der Waals surface area contributed by atoms with Crippen molar-refractivity contribution in [2.24, 2.45) is 0 Å². The summed E-state index contributed by atoms with van der Waals surface area (Å²) in [6.45, 7) is 0.415. The Balaban J connectivity index is 2.98. The van der Waals surface area contributed by atoms with E-state index in [-0.39, 0.29) is 0 Å². The molecule has 0 bridgehead atoms. The first-order chi connectivity index (χ1) is 10.4. The Labute approximate surface area is 126 Å². The molecule has 0 aliphatic rings. The zero-order valence-electron chi connectivity index (χ0n) is 11.9. The smallest absolute Gasteiger partial charge is 0.328 e. The number of rotatable bonds is 7. The van der Waals surface area contributed by atoms with Crippen molar-refractivity contribution in [1.29, 1.82) is 0 Å². The molecule has 1 aromatic carbocycles. The molecule has 1 rings (SSSR count). The number of aliphatic hydroxyl groups is 2. The lowest BCUT2D eigenvalue weighted by molar-refractivity contribution is -0.145. The van der Waals surface area contributed by atoms with Crippen LogP contribution < -0.4 is 10.6 Å². The summed E-state index contributed by atoms with van der Waals surface area (Å²) in [6.07, 6.45) is -1.31. The Morgan fingerprint density at radius 1 is 1.14 bits per heavy atom. The van der Waals surface area contributed by atoms with Crippen molar-refractivity contribution in [2.75, 3.05) is 6.61 Å². The minimum absolute atomic E-state index is 0.413. The first kappa shape index (κ1) is 17.6. The number of benzene rings is 1. The maximum atomic E-state index is 12.2. The number of hydrogen-bond acceptors (Lipinski definition) is 5. The van der Waals surface area contributed by atoms with E-state index in [2.05, 4.69) is 10.6 Å². The number of carboxylic acid groups (broad SMARTS) is 1. The first-order valence-electron chi connectivity index (χ1n) is 6.53. The van der Waals surface area contributed by atoms with Gasteiger partial charge in [-0.25, -0.2) is 4.79 Å². The SMILES string of the molecule is C[C@H](O)[C@H](NC(=O)[C@H](NC(=O)CO)c1ccccc1)C(=O)O. The van der Waals surface area contributed by atoms with E-state index in [9.17, 15) is 19.5 Å². The van der Waals surface area contributed by atoms with Crippen LogP contribution in [0.5, 0.6) is 0 Å². The minimum atomic E-state index is -1.51. The van der Waals surface area contributed by atoms with E-state index in [1.54, 1.807) is 30.3 Å². The molecule has 3 atom stereocenters. The van der Waals surface area contributed by atoms with Gasteiger partial charge >= 0.3 is 5.97 Å². The lowest BCUT2D eigenvalue weighted by Gasteiger charge is -2.22. The molecule has 0 aliphatic carbocycles. The van der Waals surface area contributed by atoms with E-state index in [4.69, 9.17) is 10.2 Å². The van der Waals surface area contributed by atoms with Gasteiger partial charge in [0.25, 0.3) is 0 Å². The third kappa shape index (κ3) is 4.83. The maximum absolute atomic E-state index is 12.2. The molecule has 0 unspecified atom stereocenters. The highest BCUT2D eigenvalue weighted by Crippen LogP contribution is 2.13. The van der Waals surface area contributed by atoms with Crippen LogP contribution in [0.25, 0.3) is 0 Å². The van der Waals surface area contributed by atoms with Gasteiger partial charge in [0.15, 0.2) is 6.04 Å². The highest BCUT2D eigenvalue weighted by molar-refractivity contribution is 5.91. The van der Waals surface area contributed by atoms with E-state index in [0.717, 1.165) is 0 Å². The molecule has 5 N–H and O–H groups in total. The van der Waals surface area contributed by atoms with Crippen LogP contribution in [-0.2, 0) is 14.4 Å². The van der Waals surface area contributed by atoms with Crippen molar-refractivity contribution in [3.8, 4) is 0 Å². The predicted molar refractivity (Wildman–Crippen MR) is 75.7 cm³/mol. The van der Waals surface area contributed by atoms with Crippen molar-refractivity contribution in [1.82, 2.24) is 10.6 Å². The second-order valence-electron chi connectivity index (χ2n) is 4.63. The van der Waals surface area contributed by atoms with Gasteiger partial charge in [-0.15, -0.1) is 0 Å². The summed E-state index contributed by atoms with van der Waals surface area (Å²) in [5.74, 6) is -2.99. The molecule has 1 aromatic rings. The summed E-state index contributed by atoms with van der Waals surface area (Å²) in [7, 11) is 0. The quantitative estimate of drug-likeness (QED) is 0.428. The number of hydrogen-bond donors (Lipinski definition) is 5. The number of aliphatic carboxylic acids is 1. The monoisotopic (exact) mass is 310 g/mol. The maximum Gasteiger partial charge on any atom is 0.328 e. The van der Waals surface area contributed by atoms with Crippen LogP contribution >= 0.6 is 0 Å². The summed E-state index contributed by atoms with van der Waals surface area (Å²) >= 11 is 0. The van der Waals surface area contributed by atoms with Gasteiger partial charge in [-0.1, -0.05) is 30.3 Å². The first-order valence-corrected chi connectivity index (χ1v) is 6.53. The molecular formula is C14H18N2O6. The van der Waals surface area contributed by atoms with Crippen molar-refractivity contribution < 1.29 is 29.7 Å². The van der Waals surface area contributed by atoms with E-state index in [1.165, 1.54) is 6.92 Å². The summed E-state index contributed by atoms with van der Waals surface area (Å²) in [6, 6.07) is 5.45. The molecule has 0 aromatic heterocycles. The number of carbonyl (C=O) groups excluding carboxylic acids is 2. The molecule has 0 radical (unpaired) electrons. The van der Waals surface area contributed by atoms with E-state index >= 15 is 0 Å². The molecule has 8 heteroatoms. The van der Waals surface area contributed by atoms with Crippen LogP contribution in [0, 0.1) is 0 Å². The molecule has 120 valence electrons. The van der Waals surface area contributed by atoms with Crippen LogP contribution in [0.3, 0.4) is 0 Å². The van der Waals surface area contributed by atoms with Crippen molar-refractivity contribution in [3.63, 3.8) is 0 Å². The lowest BCUT2D eigenvalue weighted by atomic mass is 10.0. The highest BCUT2D eigenvalue weighted by atomic mass is 16.4. The molecule has 0 spiro atoms.